The SMILES string of the molecule is c1cc(-c2ccc(OCCCN3CCCCC3)cc2)cs1. The van der Waals surface area contributed by atoms with Crippen LogP contribution in [0.2, 0.25) is 0 Å². The van der Waals surface area contributed by atoms with E-state index in [4.69, 9.17) is 4.74 Å². The summed E-state index contributed by atoms with van der Waals surface area (Å²) in [6.45, 7) is 4.53. The third-order valence-corrected chi connectivity index (χ3v) is 4.73. The first-order valence-corrected chi connectivity index (χ1v) is 8.84. The smallest absolute Gasteiger partial charge is 0.119 e. The summed E-state index contributed by atoms with van der Waals surface area (Å²) in [7, 11) is 0. The van der Waals surface area contributed by atoms with E-state index in [0.29, 0.717) is 0 Å². The Morgan fingerprint density at radius 1 is 0.952 bits per heavy atom. The van der Waals surface area contributed by atoms with Gasteiger partial charge < -0.3 is 9.64 Å². The summed E-state index contributed by atoms with van der Waals surface area (Å²) < 4.78 is 5.85. The van der Waals surface area contributed by atoms with Crippen LogP contribution in [0, 0.1) is 0 Å². The van der Waals surface area contributed by atoms with E-state index in [1.54, 1.807) is 11.3 Å². The maximum atomic E-state index is 5.85. The Kier molecular flexibility index (Phi) is 5.30. The van der Waals surface area contributed by atoms with Crippen molar-refractivity contribution in [2.45, 2.75) is 25.7 Å². The number of nitrogens with zero attached hydrogens (tertiary/aromatic N) is 1. The van der Waals surface area contributed by atoms with E-state index in [0.717, 1.165) is 18.8 Å². The number of benzene rings is 1. The molecule has 0 amide bonds. The summed E-state index contributed by atoms with van der Waals surface area (Å²) in [6.07, 6.45) is 5.26. The number of piperidine rings is 1. The van der Waals surface area contributed by atoms with Gasteiger partial charge in [0.05, 0.1) is 6.61 Å². The van der Waals surface area contributed by atoms with Crippen molar-refractivity contribution < 1.29 is 4.74 Å². The van der Waals surface area contributed by atoms with Crippen molar-refractivity contribution in [1.82, 2.24) is 4.90 Å². The van der Waals surface area contributed by atoms with Crippen molar-refractivity contribution in [3.8, 4) is 16.9 Å². The molecule has 1 fully saturated rings. The molecule has 1 aliphatic heterocycles. The zero-order valence-corrected chi connectivity index (χ0v) is 13.3. The van der Waals surface area contributed by atoms with Gasteiger partial charge in [-0.2, -0.15) is 11.3 Å². The van der Waals surface area contributed by atoms with Crippen molar-refractivity contribution >= 4 is 11.3 Å². The lowest BCUT2D eigenvalue weighted by Gasteiger charge is -2.26. The fourth-order valence-corrected chi connectivity index (χ4v) is 3.50. The number of rotatable bonds is 6. The highest BCUT2D eigenvalue weighted by Gasteiger charge is 2.09. The number of thiophene rings is 1. The van der Waals surface area contributed by atoms with E-state index in [9.17, 15) is 0 Å². The van der Waals surface area contributed by atoms with Crippen LogP contribution in [0.4, 0.5) is 0 Å². The van der Waals surface area contributed by atoms with Crippen LogP contribution in [0.25, 0.3) is 11.1 Å². The van der Waals surface area contributed by atoms with Gasteiger partial charge in [-0.15, -0.1) is 0 Å². The zero-order chi connectivity index (χ0) is 14.3. The molecule has 0 radical (unpaired) electrons. The van der Waals surface area contributed by atoms with Crippen molar-refractivity contribution in [3.05, 3.63) is 41.1 Å². The topological polar surface area (TPSA) is 12.5 Å². The maximum Gasteiger partial charge on any atom is 0.119 e. The molecule has 0 saturated carbocycles. The van der Waals surface area contributed by atoms with Gasteiger partial charge in [0.1, 0.15) is 5.75 Å². The summed E-state index contributed by atoms with van der Waals surface area (Å²) in [6, 6.07) is 10.6. The monoisotopic (exact) mass is 301 g/mol. The highest BCUT2D eigenvalue weighted by molar-refractivity contribution is 7.08. The first-order valence-electron chi connectivity index (χ1n) is 7.89. The fraction of sp³-hybridized carbons (Fsp3) is 0.444. The van der Waals surface area contributed by atoms with Crippen LogP contribution in [-0.2, 0) is 0 Å². The summed E-state index contributed by atoms with van der Waals surface area (Å²) in [5, 5.41) is 4.29. The van der Waals surface area contributed by atoms with Gasteiger partial charge in [0.25, 0.3) is 0 Å². The first-order chi connectivity index (χ1) is 10.4. The van der Waals surface area contributed by atoms with Gasteiger partial charge in [0.2, 0.25) is 0 Å². The number of hydrogen-bond acceptors (Lipinski definition) is 3. The minimum atomic E-state index is 0.814. The molecule has 0 bridgehead atoms. The maximum absolute atomic E-state index is 5.85. The molecule has 3 rings (SSSR count). The molecule has 1 saturated heterocycles. The minimum Gasteiger partial charge on any atom is -0.494 e. The lowest BCUT2D eigenvalue weighted by Crippen LogP contribution is -2.31. The van der Waals surface area contributed by atoms with Gasteiger partial charge in [-0.05, 0) is 72.4 Å². The van der Waals surface area contributed by atoms with E-state index in [1.165, 1.54) is 50.0 Å². The second-order valence-corrected chi connectivity index (χ2v) is 6.42. The van der Waals surface area contributed by atoms with Gasteiger partial charge in [-0.3, -0.25) is 0 Å². The van der Waals surface area contributed by atoms with E-state index >= 15 is 0 Å². The molecule has 21 heavy (non-hydrogen) atoms. The summed E-state index contributed by atoms with van der Waals surface area (Å²) in [4.78, 5) is 2.56. The van der Waals surface area contributed by atoms with Crippen LogP contribution in [0.3, 0.4) is 0 Å². The largest absolute Gasteiger partial charge is 0.494 e. The average molecular weight is 301 g/mol. The molecule has 2 aromatic rings. The molecule has 0 unspecified atom stereocenters. The molecule has 0 atom stereocenters. The van der Waals surface area contributed by atoms with E-state index in [1.807, 2.05) is 0 Å². The van der Waals surface area contributed by atoms with E-state index in [-0.39, 0.29) is 0 Å². The Balaban J connectivity index is 1.41. The Morgan fingerprint density at radius 2 is 1.76 bits per heavy atom. The molecule has 0 spiro atoms. The molecule has 1 aromatic heterocycles. The van der Waals surface area contributed by atoms with Crippen LogP contribution < -0.4 is 4.74 Å². The standard InChI is InChI=1S/C18H23NOS/c1-2-10-19(11-3-1)12-4-13-20-18-7-5-16(6-8-18)17-9-14-21-15-17/h5-9,14-15H,1-4,10-13H2. The highest BCUT2D eigenvalue weighted by Crippen LogP contribution is 2.24. The normalized spacial score (nSPS) is 16.0. The average Bonchev–Trinajstić information content (AvgIpc) is 3.08. The molecule has 1 aliphatic rings. The molecule has 0 N–H and O–H groups in total. The van der Waals surface area contributed by atoms with Crippen LogP contribution in [0.1, 0.15) is 25.7 Å². The molecular formula is C18H23NOS. The molecule has 2 heterocycles. The van der Waals surface area contributed by atoms with Gasteiger partial charge in [0, 0.05) is 6.54 Å². The van der Waals surface area contributed by atoms with Crippen LogP contribution in [0.5, 0.6) is 5.75 Å². The van der Waals surface area contributed by atoms with Gasteiger partial charge >= 0.3 is 0 Å². The predicted octanol–water partition coefficient (Wildman–Crippen LogP) is 4.67. The molecule has 0 aliphatic carbocycles. The summed E-state index contributed by atoms with van der Waals surface area (Å²) >= 11 is 1.73. The highest BCUT2D eigenvalue weighted by atomic mass is 32.1. The third kappa shape index (κ3) is 4.32. The number of ether oxygens (including phenoxy) is 1. The second kappa shape index (κ2) is 7.62. The van der Waals surface area contributed by atoms with Crippen molar-refractivity contribution in [2.75, 3.05) is 26.2 Å². The van der Waals surface area contributed by atoms with Gasteiger partial charge in [-0.1, -0.05) is 18.6 Å². The van der Waals surface area contributed by atoms with Crippen LogP contribution >= 0.6 is 11.3 Å². The Hall–Kier alpha value is -1.32. The van der Waals surface area contributed by atoms with Crippen molar-refractivity contribution in [2.24, 2.45) is 0 Å². The lowest BCUT2D eigenvalue weighted by molar-refractivity contribution is 0.205. The van der Waals surface area contributed by atoms with Crippen LogP contribution in [-0.4, -0.2) is 31.1 Å². The fourth-order valence-electron chi connectivity index (χ4n) is 2.83. The Labute approximate surface area is 131 Å². The Morgan fingerprint density at radius 3 is 2.48 bits per heavy atom. The predicted molar refractivity (Wildman–Crippen MR) is 90.2 cm³/mol. The Bertz CT molecular complexity index is 515. The molecule has 2 nitrogen and oxygen atoms in total. The summed E-state index contributed by atoms with van der Waals surface area (Å²) in [5.41, 5.74) is 2.55. The zero-order valence-electron chi connectivity index (χ0n) is 12.5. The quantitative estimate of drug-likeness (QED) is 0.719. The van der Waals surface area contributed by atoms with Gasteiger partial charge in [0.15, 0.2) is 0 Å². The van der Waals surface area contributed by atoms with Crippen molar-refractivity contribution in [1.29, 1.82) is 0 Å². The van der Waals surface area contributed by atoms with Crippen LogP contribution in [0.15, 0.2) is 41.1 Å². The van der Waals surface area contributed by atoms with E-state index in [2.05, 4.69) is 46.0 Å². The molecular weight excluding hydrogens is 278 g/mol. The lowest BCUT2D eigenvalue weighted by atomic mass is 10.1. The first kappa shape index (κ1) is 14.6. The van der Waals surface area contributed by atoms with E-state index < -0.39 is 0 Å². The molecule has 3 heteroatoms. The number of likely N-dealkylation sites (tertiary alicyclic amines) is 1. The third-order valence-electron chi connectivity index (χ3n) is 4.04. The second-order valence-electron chi connectivity index (χ2n) is 5.64. The van der Waals surface area contributed by atoms with Crippen molar-refractivity contribution in [3.63, 3.8) is 0 Å². The minimum absolute atomic E-state index is 0.814. The molecule has 1 aromatic carbocycles. The van der Waals surface area contributed by atoms with Gasteiger partial charge in [-0.25, -0.2) is 0 Å². The number of hydrogen-bond donors (Lipinski definition) is 0. The summed E-state index contributed by atoms with van der Waals surface area (Å²) in [5.74, 6) is 0.979. The molecule has 112 valence electrons.